The van der Waals surface area contributed by atoms with Gasteiger partial charge in [0.25, 0.3) is 5.56 Å². The highest BCUT2D eigenvalue weighted by Crippen LogP contribution is 2.27. The predicted octanol–water partition coefficient (Wildman–Crippen LogP) is 2.69. The summed E-state index contributed by atoms with van der Waals surface area (Å²) in [5, 5.41) is 1.17. The minimum Gasteiger partial charge on any atom is -0.461 e. The van der Waals surface area contributed by atoms with Gasteiger partial charge in [-0.1, -0.05) is 18.2 Å². The first-order chi connectivity index (χ1) is 11.1. The van der Waals surface area contributed by atoms with Crippen LogP contribution in [0.15, 0.2) is 33.5 Å². The zero-order valence-electron chi connectivity index (χ0n) is 13.3. The first-order valence-electron chi connectivity index (χ1n) is 7.90. The summed E-state index contributed by atoms with van der Waals surface area (Å²) < 4.78 is 5.85. The van der Waals surface area contributed by atoms with Crippen molar-refractivity contribution < 1.29 is 4.42 Å². The first kappa shape index (κ1) is 14.2. The molecule has 1 aliphatic heterocycles. The van der Waals surface area contributed by atoms with Crippen molar-refractivity contribution in [3.63, 3.8) is 0 Å². The molecule has 1 aliphatic rings. The third-order valence-electron chi connectivity index (χ3n) is 4.55. The Kier molecular flexibility index (Phi) is 3.31. The Morgan fingerprint density at radius 3 is 3.00 bits per heavy atom. The minimum atomic E-state index is 0.0112. The molecule has 23 heavy (non-hydrogen) atoms. The van der Waals surface area contributed by atoms with Crippen LogP contribution < -0.4 is 5.56 Å². The van der Waals surface area contributed by atoms with E-state index in [4.69, 9.17) is 4.42 Å². The van der Waals surface area contributed by atoms with E-state index in [2.05, 4.69) is 20.9 Å². The van der Waals surface area contributed by atoms with Crippen LogP contribution in [0, 0.1) is 13.8 Å². The molecule has 0 spiro atoms. The fourth-order valence-electron chi connectivity index (χ4n) is 3.39. The second-order valence-corrected chi connectivity index (χ2v) is 6.17. The Labute approximate surface area is 134 Å². The Hall–Kier alpha value is -2.40. The topological polar surface area (TPSA) is 62.1 Å². The quantitative estimate of drug-likeness (QED) is 0.790. The number of aryl methyl sites for hydroxylation is 2. The summed E-state index contributed by atoms with van der Waals surface area (Å²) in [4.78, 5) is 21.7. The summed E-state index contributed by atoms with van der Waals surface area (Å²) in [6, 6.07) is 8.13. The van der Waals surface area contributed by atoms with Gasteiger partial charge >= 0.3 is 0 Å². The van der Waals surface area contributed by atoms with Crippen LogP contribution in [0.2, 0.25) is 0 Å². The molecule has 5 heteroatoms. The second-order valence-electron chi connectivity index (χ2n) is 6.17. The van der Waals surface area contributed by atoms with E-state index in [0.717, 1.165) is 42.1 Å². The van der Waals surface area contributed by atoms with Crippen LogP contribution in [0.1, 0.15) is 28.4 Å². The predicted molar refractivity (Wildman–Crippen MR) is 88.4 cm³/mol. The Balaban J connectivity index is 1.65. The number of fused-ring (bicyclic) bond motifs is 2. The lowest BCUT2D eigenvalue weighted by Crippen LogP contribution is -2.35. The van der Waals surface area contributed by atoms with Crippen molar-refractivity contribution in [3.8, 4) is 0 Å². The van der Waals surface area contributed by atoms with Crippen molar-refractivity contribution in [2.45, 2.75) is 33.4 Å². The molecule has 2 aromatic heterocycles. The molecule has 3 aromatic rings. The maximum Gasteiger partial charge on any atom is 0.254 e. The number of nitrogens with zero attached hydrogens (tertiary/aromatic N) is 2. The molecule has 4 rings (SSSR count). The summed E-state index contributed by atoms with van der Waals surface area (Å²) in [6.45, 7) is 6.23. The van der Waals surface area contributed by atoms with Crippen LogP contribution in [-0.2, 0) is 19.5 Å². The maximum absolute atomic E-state index is 12.0. The largest absolute Gasteiger partial charge is 0.461 e. The van der Waals surface area contributed by atoms with Gasteiger partial charge in [0.15, 0.2) is 0 Å². The highest BCUT2D eigenvalue weighted by Gasteiger charge is 2.22. The smallest absolute Gasteiger partial charge is 0.254 e. The van der Waals surface area contributed by atoms with E-state index in [1.807, 2.05) is 32.0 Å². The van der Waals surface area contributed by atoms with Crippen LogP contribution in [0.3, 0.4) is 0 Å². The van der Waals surface area contributed by atoms with Gasteiger partial charge in [0, 0.05) is 36.1 Å². The number of aromatic amines is 1. The fourth-order valence-corrected chi connectivity index (χ4v) is 3.39. The first-order valence-corrected chi connectivity index (χ1v) is 7.90. The number of hydrogen-bond donors (Lipinski definition) is 1. The number of rotatable bonds is 2. The summed E-state index contributed by atoms with van der Waals surface area (Å²) in [7, 11) is 0. The Morgan fingerprint density at radius 2 is 2.13 bits per heavy atom. The molecule has 3 heterocycles. The maximum atomic E-state index is 12.0. The average molecular weight is 309 g/mol. The molecule has 0 fully saturated rings. The van der Waals surface area contributed by atoms with Crippen LogP contribution in [0.5, 0.6) is 0 Å². The molecular formula is C18H19N3O2. The summed E-state index contributed by atoms with van der Waals surface area (Å²) in [5.41, 5.74) is 3.91. The van der Waals surface area contributed by atoms with Gasteiger partial charge in [0.05, 0.1) is 5.69 Å². The van der Waals surface area contributed by atoms with Crippen molar-refractivity contribution in [2.24, 2.45) is 0 Å². The zero-order chi connectivity index (χ0) is 16.0. The number of nitrogens with one attached hydrogen (secondary N) is 1. The van der Waals surface area contributed by atoms with Gasteiger partial charge in [-0.05, 0) is 26.3 Å². The number of benzene rings is 1. The van der Waals surface area contributed by atoms with E-state index < -0.39 is 0 Å². The lowest BCUT2D eigenvalue weighted by molar-refractivity contribution is 0.239. The van der Waals surface area contributed by atoms with Gasteiger partial charge in [-0.3, -0.25) is 9.69 Å². The van der Waals surface area contributed by atoms with E-state index in [-0.39, 0.29) is 5.56 Å². The molecule has 0 aliphatic carbocycles. The van der Waals surface area contributed by atoms with Crippen LogP contribution in [-0.4, -0.2) is 21.4 Å². The second kappa shape index (κ2) is 5.35. The number of hydrogen-bond acceptors (Lipinski definition) is 4. The standard InChI is InChI=1S/C18H19N3O2/c1-11-15(13-5-3-4-6-17(13)23-11)9-21-8-7-14-16(10-21)19-12(2)20-18(14)22/h3-6H,7-10H2,1-2H3,(H,19,20,22). The minimum absolute atomic E-state index is 0.0112. The molecule has 0 bridgehead atoms. The Morgan fingerprint density at radius 1 is 1.30 bits per heavy atom. The molecule has 0 saturated carbocycles. The molecular weight excluding hydrogens is 290 g/mol. The van der Waals surface area contributed by atoms with Gasteiger partial charge in [-0.25, -0.2) is 4.98 Å². The molecule has 0 saturated heterocycles. The monoisotopic (exact) mass is 309 g/mol. The highest BCUT2D eigenvalue weighted by atomic mass is 16.3. The van der Waals surface area contributed by atoms with Crippen molar-refractivity contribution >= 4 is 11.0 Å². The zero-order valence-corrected chi connectivity index (χ0v) is 13.3. The number of para-hydroxylation sites is 1. The van der Waals surface area contributed by atoms with Gasteiger partial charge in [-0.2, -0.15) is 0 Å². The Bertz CT molecular complexity index is 939. The average Bonchev–Trinajstić information content (AvgIpc) is 2.83. The van der Waals surface area contributed by atoms with Gasteiger partial charge in [-0.15, -0.1) is 0 Å². The highest BCUT2D eigenvalue weighted by molar-refractivity contribution is 5.82. The van der Waals surface area contributed by atoms with Crippen molar-refractivity contribution in [1.29, 1.82) is 0 Å². The molecule has 0 unspecified atom stereocenters. The SMILES string of the molecule is Cc1nc2c(c(=O)[nH]1)CCN(Cc1c(C)oc3ccccc13)C2. The van der Waals surface area contributed by atoms with Crippen LogP contribution in [0.25, 0.3) is 11.0 Å². The lowest BCUT2D eigenvalue weighted by atomic mass is 10.0. The third kappa shape index (κ3) is 2.47. The third-order valence-corrected chi connectivity index (χ3v) is 4.55. The number of H-pyrrole nitrogens is 1. The van der Waals surface area contributed by atoms with Crippen LogP contribution in [0.4, 0.5) is 0 Å². The van der Waals surface area contributed by atoms with Gasteiger partial charge in [0.1, 0.15) is 17.2 Å². The van der Waals surface area contributed by atoms with Crippen molar-refractivity contribution in [3.05, 3.63) is 63.0 Å². The summed E-state index contributed by atoms with van der Waals surface area (Å²) in [6.07, 6.45) is 0.743. The van der Waals surface area contributed by atoms with Crippen molar-refractivity contribution in [2.75, 3.05) is 6.54 Å². The summed E-state index contributed by atoms with van der Waals surface area (Å²) in [5.74, 6) is 1.65. The molecule has 5 nitrogen and oxygen atoms in total. The molecule has 0 radical (unpaired) electrons. The van der Waals surface area contributed by atoms with Crippen molar-refractivity contribution in [1.82, 2.24) is 14.9 Å². The molecule has 118 valence electrons. The number of aromatic nitrogens is 2. The fraction of sp³-hybridized carbons (Fsp3) is 0.333. The number of furan rings is 1. The molecule has 0 atom stereocenters. The van der Waals surface area contributed by atoms with E-state index in [0.29, 0.717) is 12.4 Å². The summed E-state index contributed by atoms with van der Waals surface area (Å²) >= 11 is 0. The molecule has 0 amide bonds. The van der Waals surface area contributed by atoms with E-state index in [1.54, 1.807) is 0 Å². The molecule has 1 aromatic carbocycles. The normalized spacial score (nSPS) is 15.0. The van der Waals surface area contributed by atoms with E-state index in [9.17, 15) is 4.79 Å². The van der Waals surface area contributed by atoms with Gasteiger partial charge < -0.3 is 9.40 Å². The van der Waals surface area contributed by atoms with Crippen LogP contribution >= 0.6 is 0 Å². The lowest BCUT2D eigenvalue weighted by Gasteiger charge is -2.27. The molecule has 1 N–H and O–H groups in total. The van der Waals surface area contributed by atoms with E-state index >= 15 is 0 Å². The van der Waals surface area contributed by atoms with E-state index in [1.165, 1.54) is 10.9 Å². The van der Waals surface area contributed by atoms with Gasteiger partial charge in [0.2, 0.25) is 0 Å².